The lowest BCUT2D eigenvalue weighted by molar-refractivity contribution is 0.0547. The minimum atomic E-state index is 0.548. The van der Waals surface area contributed by atoms with Gasteiger partial charge in [0.2, 0.25) is 0 Å². The van der Waals surface area contributed by atoms with Gasteiger partial charge in [0.05, 0.1) is 26.4 Å². The number of anilines is 1. The second kappa shape index (κ2) is 9.89. The van der Waals surface area contributed by atoms with Crippen molar-refractivity contribution in [3.63, 3.8) is 0 Å². The van der Waals surface area contributed by atoms with Gasteiger partial charge >= 0.3 is 0 Å². The topological polar surface area (TPSA) is 69.4 Å². The molecule has 0 radical (unpaired) electrons. The van der Waals surface area contributed by atoms with Gasteiger partial charge in [-0.15, -0.1) is 0 Å². The van der Waals surface area contributed by atoms with Crippen LogP contribution in [0, 0.1) is 0 Å². The fraction of sp³-hybridized carbons (Fsp3) is 0.353. The first-order valence-corrected chi connectivity index (χ1v) is 7.51. The highest BCUT2D eigenvalue weighted by Crippen LogP contribution is 2.18. The lowest BCUT2D eigenvalue weighted by Gasteiger charge is -2.08. The third-order valence-electron chi connectivity index (χ3n) is 3.06. The average Bonchev–Trinajstić information content (AvgIpc) is 2.59. The Morgan fingerprint density at radius 2 is 1.64 bits per heavy atom. The fourth-order valence-corrected chi connectivity index (χ4v) is 1.96. The molecule has 1 aromatic heterocycles. The van der Waals surface area contributed by atoms with E-state index in [1.807, 2.05) is 30.5 Å². The number of nitrogens with two attached hydrogens (primary N) is 1. The van der Waals surface area contributed by atoms with Crippen LogP contribution in [0.25, 0.3) is 11.1 Å². The zero-order valence-electron chi connectivity index (χ0n) is 12.7. The van der Waals surface area contributed by atoms with Gasteiger partial charge in [0.15, 0.2) is 0 Å². The van der Waals surface area contributed by atoms with Crippen molar-refractivity contribution in [2.45, 2.75) is 0 Å². The van der Waals surface area contributed by atoms with Gasteiger partial charge in [-0.2, -0.15) is 0 Å². The van der Waals surface area contributed by atoms with Gasteiger partial charge in [0.25, 0.3) is 0 Å². The largest absolute Gasteiger partial charge is 0.378 e. The van der Waals surface area contributed by atoms with Crippen molar-refractivity contribution in [3.05, 3.63) is 48.7 Å². The summed E-state index contributed by atoms with van der Waals surface area (Å²) in [7, 11) is 0. The monoisotopic (exact) mass is 301 g/mol. The number of benzene rings is 1. The van der Waals surface area contributed by atoms with Crippen molar-refractivity contribution in [2.24, 2.45) is 5.73 Å². The molecule has 0 fully saturated rings. The molecule has 0 saturated heterocycles. The summed E-state index contributed by atoms with van der Waals surface area (Å²) in [4.78, 5) is 4.41. The van der Waals surface area contributed by atoms with Crippen LogP contribution in [0.5, 0.6) is 0 Å². The molecule has 0 aliphatic rings. The summed E-state index contributed by atoms with van der Waals surface area (Å²) in [6.45, 7) is 3.64. The van der Waals surface area contributed by atoms with Crippen LogP contribution in [0.15, 0.2) is 48.7 Å². The standard InChI is InChI=1S/C17H23N3O2/c18-8-10-21-12-13-22-11-9-19-17-7-6-16(14-20-17)15-4-2-1-3-5-15/h1-7,14H,8-13,18H2,(H,19,20). The first kappa shape index (κ1) is 16.4. The van der Waals surface area contributed by atoms with E-state index in [0.717, 1.165) is 11.4 Å². The van der Waals surface area contributed by atoms with Crippen LogP contribution in [-0.2, 0) is 9.47 Å². The molecule has 2 aromatic rings. The average molecular weight is 301 g/mol. The maximum atomic E-state index is 5.44. The molecule has 5 heteroatoms. The number of pyridine rings is 1. The van der Waals surface area contributed by atoms with E-state index in [1.54, 1.807) is 0 Å². The quantitative estimate of drug-likeness (QED) is 0.658. The van der Waals surface area contributed by atoms with Crippen LogP contribution < -0.4 is 11.1 Å². The van der Waals surface area contributed by atoms with Crippen molar-refractivity contribution >= 4 is 5.82 Å². The zero-order valence-corrected chi connectivity index (χ0v) is 12.7. The molecule has 1 aromatic carbocycles. The molecule has 0 atom stereocenters. The molecule has 22 heavy (non-hydrogen) atoms. The van der Waals surface area contributed by atoms with Gasteiger partial charge < -0.3 is 20.5 Å². The summed E-state index contributed by atoms with van der Waals surface area (Å²) in [6.07, 6.45) is 1.87. The van der Waals surface area contributed by atoms with Gasteiger partial charge in [-0.1, -0.05) is 30.3 Å². The summed E-state index contributed by atoms with van der Waals surface area (Å²) in [5.74, 6) is 0.850. The Morgan fingerprint density at radius 3 is 2.32 bits per heavy atom. The van der Waals surface area contributed by atoms with E-state index < -0.39 is 0 Å². The van der Waals surface area contributed by atoms with Crippen molar-refractivity contribution in [2.75, 3.05) is 44.8 Å². The maximum Gasteiger partial charge on any atom is 0.125 e. The van der Waals surface area contributed by atoms with E-state index in [-0.39, 0.29) is 0 Å². The highest BCUT2D eigenvalue weighted by Gasteiger charge is 1.98. The van der Waals surface area contributed by atoms with Crippen LogP contribution in [0.1, 0.15) is 0 Å². The van der Waals surface area contributed by atoms with Crippen LogP contribution in [-0.4, -0.2) is 44.5 Å². The first-order chi connectivity index (χ1) is 10.9. The molecule has 0 amide bonds. The van der Waals surface area contributed by atoms with E-state index >= 15 is 0 Å². The second-order valence-electron chi connectivity index (χ2n) is 4.74. The molecule has 2 rings (SSSR count). The number of aromatic nitrogens is 1. The van der Waals surface area contributed by atoms with Gasteiger partial charge in [0, 0.05) is 24.8 Å². The molecule has 1 heterocycles. The van der Waals surface area contributed by atoms with Gasteiger partial charge in [-0.3, -0.25) is 0 Å². The van der Waals surface area contributed by atoms with E-state index in [4.69, 9.17) is 15.2 Å². The van der Waals surface area contributed by atoms with Gasteiger partial charge in [-0.25, -0.2) is 4.98 Å². The van der Waals surface area contributed by atoms with E-state index in [2.05, 4.69) is 28.5 Å². The molecule has 0 bridgehead atoms. The predicted molar refractivity (Wildman–Crippen MR) is 88.9 cm³/mol. The number of hydrogen-bond acceptors (Lipinski definition) is 5. The fourth-order valence-electron chi connectivity index (χ4n) is 1.96. The smallest absolute Gasteiger partial charge is 0.125 e. The molecular weight excluding hydrogens is 278 g/mol. The van der Waals surface area contributed by atoms with Crippen LogP contribution in [0.2, 0.25) is 0 Å². The Balaban J connectivity index is 1.65. The number of ether oxygens (including phenoxy) is 2. The van der Waals surface area contributed by atoms with Crippen molar-refractivity contribution in [3.8, 4) is 11.1 Å². The van der Waals surface area contributed by atoms with E-state index in [9.17, 15) is 0 Å². The summed E-state index contributed by atoms with van der Waals surface area (Å²) >= 11 is 0. The summed E-state index contributed by atoms with van der Waals surface area (Å²) < 4.78 is 10.7. The normalized spacial score (nSPS) is 10.6. The highest BCUT2D eigenvalue weighted by molar-refractivity contribution is 5.63. The van der Waals surface area contributed by atoms with E-state index in [0.29, 0.717) is 39.5 Å². The van der Waals surface area contributed by atoms with Gasteiger partial charge in [-0.05, 0) is 17.7 Å². The van der Waals surface area contributed by atoms with Crippen molar-refractivity contribution in [1.82, 2.24) is 4.98 Å². The lowest BCUT2D eigenvalue weighted by atomic mass is 10.1. The van der Waals surface area contributed by atoms with Crippen LogP contribution >= 0.6 is 0 Å². The Labute approximate surface area is 131 Å². The molecule has 3 N–H and O–H groups in total. The molecule has 0 aliphatic carbocycles. The summed E-state index contributed by atoms with van der Waals surface area (Å²) in [5, 5.41) is 3.23. The maximum absolute atomic E-state index is 5.44. The second-order valence-corrected chi connectivity index (χ2v) is 4.74. The molecule has 0 saturated carbocycles. The molecule has 0 aliphatic heterocycles. The minimum absolute atomic E-state index is 0.548. The number of hydrogen-bond donors (Lipinski definition) is 2. The first-order valence-electron chi connectivity index (χ1n) is 7.51. The Hall–Kier alpha value is -1.95. The van der Waals surface area contributed by atoms with Crippen molar-refractivity contribution in [1.29, 1.82) is 0 Å². The third kappa shape index (κ3) is 5.81. The van der Waals surface area contributed by atoms with Crippen LogP contribution in [0.4, 0.5) is 5.82 Å². The molecule has 0 unspecified atom stereocenters. The Bertz CT molecular complexity index is 517. The Morgan fingerprint density at radius 1 is 0.864 bits per heavy atom. The number of rotatable bonds is 10. The lowest BCUT2D eigenvalue weighted by Crippen LogP contribution is -2.15. The minimum Gasteiger partial charge on any atom is -0.378 e. The molecule has 118 valence electrons. The highest BCUT2D eigenvalue weighted by atomic mass is 16.5. The van der Waals surface area contributed by atoms with E-state index in [1.165, 1.54) is 5.56 Å². The molecular formula is C17H23N3O2. The Kier molecular flexibility index (Phi) is 7.38. The summed E-state index contributed by atoms with van der Waals surface area (Å²) in [5.41, 5.74) is 7.60. The van der Waals surface area contributed by atoms with Gasteiger partial charge in [0.1, 0.15) is 5.82 Å². The third-order valence-corrected chi connectivity index (χ3v) is 3.06. The SMILES string of the molecule is NCCOCCOCCNc1ccc(-c2ccccc2)cn1. The number of nitrogens with zero attached hydrogens (tertiary/aromatic N) is 1. The molecule has 5 nitrogen and oxygen atoms in total. The van der Waals surface area contributed by atoms with Crippen molar-refractivity contribution < 1.29 is 9.47 Å². The number of nitrogens with one attached hydrogen (secondary N) is 1. The van der Waals surface area contributed by atoms with Crippen LogP contribution in [0.3, 0.4) is 0 Å². The predicted octanol–water partition coefficient (Wildman–Crippen LogP) is 2.15. The zero-order chi connectivity index (χ0) is 15.5. The summed E-state index contributed by atoms with van der Waals surface area (Å²) in [6, 6.07) is 14.2. The molecule has 0 spiro atoms.